The van der Waals surface area contributed by atoms with E-state index >= 15 is 0 Å². The van der Waals surface area contributed by atoms with Crippen molar-refractivity contribution in [2.24, 2.45) is 7.05 Å². The van der Waals surface area contributed by atoms with Crippen molar-refractivity contribution in [1.82, 2.24) is 9.88 Å². The topological polar surface area (TPSA) is 38.4 Å². The predicted octanol–water partition coefficient (Wildman–Crippen LogP) is 3.30. The highest BCUT2D eigenvalue weighted by Gasteiger charge is 2.16. The normalized spacial score (nSPS) is 10.1. The minimum Gasteiger partial charge on any atom is -0.364 e. The summed E-state index contributed by atoms with van der Waals surface area (Å²) >= 11 is 5.88. The van der Waals surface area contributed by atoms with Crippen LogP contribution in [0.1, 0.15) is 16.1 Å². The Hall–Kier alpha value is -2.32. The van der Waals surface area contributed by atoms with Gasteiger partial charge in [0, 0.05) is 17.1 Å². The monoisotopic (exact) mass is 291 g/mol. The van der Waals surface area contributed by atoms with Crippen LogP contribution in [0, 0.1) is 12.4 Å². The van der Waals surface area contributed by atoms with E-state index in [1.165, 1.54) is 16.7 Å². The minimum atomic E-state index is -0.466. The molecule has 0 fully saturated rings. The van der Waals surface area contributed by atoms with Crippen molar-refractivity contribution in [3.05, 3.63) is 63.8 Å². The van der Waals surface area contributed by atoms with Gasteiger partial charge in [0.2, 0.25) is 5.82 Å². The first-order valence-corrected chi connectivity index (χ1v) is 6.16. The van der Waals surface area contributed by atoms with Crippen LogP contribution in [0.25, 0.3) is 4.85 Å². The standard InChI is InChI=1S/C14H11ClFN3O/c1-17-13-7-6-12(19(13)2)14(20)18-8-9-10(15)4-3-5-11(9)16/h3-7H,8H2,2H3,(H,18,20). The van der Waals surface area contributed by atoms with Crippen molar-refractivity contribution in [3.63, 3.8) is 0 Å². The first-order chi connectivity index (χ1) is 9.54. The third-order valence-electron chi connectivity index (χ3n) is 2.93. The largest absolute Gasteiger partial charge is 0.364 e. The molecule has 1 heterocycles. The molecule has 1 N–H and O–H groups in total. The van der Waals surface area contributed by atoms with Gasteiger partial charge >= 0.3 is 0 Å². The van der Waals surface area contributed by atoms with Crippen LogP contribution in [-0.4, -0.2) is 10.5 Å². The summed E-state index contributed by atoms with van der Waals surface area (Å²) in [5, 5.41) is 2.85. The number of carbonyl (C=O) groups is 1. The average molecular weight is 292 g/mol. The highest BCUT2D eigenvalue weighted by Crippen LogP contribution is 2.19. The SMILES string of the molecule is [C-]#[N+]c1ccc(C(=O)NCc2c(F)cccc2Cl)n1C. The summed E-state index contributed by atoms with van der Waals surface area (Å²) in [6.07, 6.45) is 0. The number of amides is 1. The highest BCUT2D eigenvalue weighted by molar-refractivity contribution is 6.31. The average Bonchev–Trinajstić information content (AvgIpc) is 2.79. The van der Waals surface area contributed by atoms with E-state index in [0.29, 0.717) is 11.5 Å². The van der Waals surface area contributed by atoms with Crippen molar-refractivity contribution in [1.29, 1.82) is 0 Å². The second kappa shape index (κ2) is 5.76. The fourth-order valence-corrected chi connectivity index (χ4v) is 2.03. The second-order valence-electron chi connectivity index (χ2n) is 4.13. The van der Waals surface area contributed by atoms with Gasteiger partial charge in [-0.2, -0.15) is 0 Å². The summed E-state index contributed by atoms with van der Waals surface area (Å²) in [4.78, 5) is 15.3. The van der Waals surface area contributed by atoms with Gasteiger partial charge in [-0.1, -0.05) is 24.2 Å². The van der Waals surface area contributed by atoms with Crippen molar-refractivity contribution in [2.45, 2.75) is 6.54 Å². The van der Waals surface area contributed by atoms with Crippen molar-refractivity contribution < 1.29 is 9.18 Å². The van der Waals surface area contributed by atoms with E-state index in [1.54, 1.807) is 25.2 Å². The molecule has 0 bridgehead atoms. The molecular weight excluding hydrogens is 281 g/mol. The first-order valence-electron chi connectivity index (χ1n) is 5.79. The molecule has 0 aliphatic rings. The molecule has 0 atom stereocenters. The Bertz CT molecular complexity index is 683. The van der Waals surface area contributed by atoms with E-state index in [9.17, 15) is 9.18 Å². The molecule has 2 rings (SSSR count). The fraction of sp³-hybridized carbons (Fsp3) is 0.143. The number of benzene rings is 1. The first kappa shape index (κ1) is 14.1. The summed E-state index contributed by atoms with van der Waals surface area (Å²) in [5.74, 6) is -0.493. The maximum atomic E-state index is 13.6. The maximum absolute atomic E-state index is 13.6. The van der Waals surface area contributed by atoms with Gasteiger partial charge in [-0.15, -0.1) is 0 Å². The summed E-state index contributed by atoms with van der Waals surface area (Å²) in [5.41, 5.74) is 0.575. The molecule has 0 spiro atoms. The smallest absolute Gasteiger partial charge is 0.289 e. The molecule has 4 nitrogen and oxygen atoms in total. The van der Waals surface area contributed by atoms with Crippen LogP contribution in [0.15, 0.2) is 30.3 Å². The van der Waals surface area contributed by atoms with Gasteiger partial charge in [-0.25, -0.2) is 4.39 Å². The van der Waals surface area contributed by atoms with Gasteiger partial charge < -0.3 is 10.2 Å². The lowest BCUT2D eigenvalue weighted by atomic mass is 10.2. The van der Waals surface area contributed by atoms with E-state index < -0.39 is 5.82 Å². The molecule has 0 aliphatic heterocycles. The molecule has 0 unspecified atom stereocenters. The number of nitrogens with one attached hydrogen (secondary N) is 1. The third kappa shape index (κ3) is 2.65. The summed E-state index contributed by atoms with van der Waals surface area (Å²) in [6.45, 7) is 6.93. The third-order valence-corrected chi connectivity index (χ3v) is 3.28. The van der Waals surface area contributed by atoms with E-state index in [4.69, 9.17) is 18.2 Å². The number of halogens is 2. The molecule has 1 aromatic heterocycles. The zero-order chi connectivity index (χ0) is 14.7. The molecule has 0 radical (unpaired) electrons. The Balaban J connectivity index is 2.13. The van der Waals surface area contributed by atoms with Crippen LogP contribution in [0.4, 0.5) is 10.2 Å². The highest BCUT2D eigenvalue weighted by atomic mass is 35.5. The fourth-order valence-electron chi connectivity index (χ4n) is 1.80. The quantitative estimate of drug-likeness (QED) is 0.866. The minimum absolute atomic E-state index is 0.0110. The van der Waals surface area contributed by atoms with Crippen LogP contribution in [0.2, 0.25) is 5.02 Å². The van der Waals surface area contributed by atoms with Gasteiger partial charge in [-0.3, -0.25) is 9.36 Å². The Morgan fingerprint density at radius 1 is 1.45 bits per heavy atom. The molecule has 6 heteroatoms. The number of aromatic nitrogens is 1. The van der Waals surface area contributed by atoms with Crippen molar-refractivity contribution >= 4 is 23.3 Å². The van der Waals surface area contributed by atoms with Crippen LogP contribution in [0.3, 0.4) is 0 Å². The predicted molar refractivity (Wildman–Crippen MR) is 74.3 cm³/mol. The number of hydrogen-bond acceptors (Lipinski definition) is 1. The molecule has 1 aromatic carbocycles. The number of hydrogen-bond donors (Lipinski definition) is 1. The van der Waals surface area contributed by atoms with Crippen LogP contribution < -0.4 is 5.32 Å². The lowest BCUT2D eigenvalue weighted by Gasteiger charge is -2.07. The Morgan fingerprint density at radius 2 is 2.20 bits per heavy atom. The summed E-state index contributed by atoms with van der Waals surface area (Å²) < 4.78 is 15.0. The molecule has 0 saturated carbocycles. The van der Waals surface area contributed by atoms with Crippen LogP contribution in [0.5, 0.6) is 0 Å². The summed E-state index contributed by atoms with van der Waals surface area (Å²) in [6, 6.07) is 7.45. The lowest BCUT2D eigenvalue weighted by molar-refractivity contribution is 0.0942. The Labute approximate surface area is 120 Å². The second-order valence-corrected chi connectivity index (χ2v) is 4.54. The van der Waals surface area contributed by atoms with Gasteiger partial charge in [0.1, 0.15) is 5.82 Å². The molecule has 20 heavy (non-hydrogen) atoms. The van der Waals surface area contributed by atoms with Crippen molar-refractivity contribution in [3.8, 4) is 0 Å². The Kier molecular flexibility index (Phi) is 4.06. The Morgan fingerprint density at radius 3 is 2.80 bits per heavy atom. The van der Waals surface area contributed by atoms with Crippen LogP contribution >= 0.6 is 11.6 Å². The van der Waals surface area contributed by atoms with Gasteiger partial charge in [0.15, 0.2) is 5.69 Å². The molecule has 0 saturated heterocycles. The molecule has 102 valence electrons. The van der Waals surface area contributed by atoms with Crippen molar-refractivity contribution in [2.75, 3.05) is 0 Å². The van der Waals surface area contributed by atoms with E-state index in [2.05, 4.69) is 10.2 Å². The van der Waals surface area contributed by atoms with E-state index in [-0.39, 0.29) is 23.0 Å². The maximum Gasteiger partial charge on any atom is 0.289 e. The molecule has 0 aliphatic carbocycles. The number of nitrogens with zero attached hydrogens (tertiary/aromatic N) is 2. The van der Waals surface area contributed by atoms with E-state index in [0.717, 1.165) is 0 Å². The van der Waals surface area contributed by atoms with E-state index in [1.807, 2.05) is 0 Å². The molecule has 2 aromatic rings. The van der Waals surface area contributed by atoms with Gasteiger partial charge in [0.25, 0.3) is 5.91 Å². The lowest BCUT2D eigenvalue weighted by Crippen LogP contribution is -2.25. The zero-order valence-electron chi connectivity index (χ0n) is 10.7. The number of rotatable bonds is 3. The van der Waals surface area contributed by atoms with Gasteiger partial charge in [-0.05, 0) is 24.3 Å². The summed E-state index contributed by atoms with van der Waals surface area (Å²) in [7, 11) is 1.62. The number of carbonyl (C=O) groups excluding carboxylic acids is 1. The molecular formula is C14H11ClFN3O. The zero-order valence-corrected chi connectivity index (χ0v) is 11.4. The van der Waals surface area contributed by atoms with Crippen LogP contribution in [-0.2, 0) is 13.6 Å². The van der Waals surface area contributed by atoms with Gasteiger partial charge in [0.05, 0.1) is 7.05 Å². The molecule has 1 amide bonds.